The average Bonchev–Trinajstić information content (AvgIpc) is 3.38. The van der Waals surface area contributed by atoms with Crippen molar-refractivity contribution in [2.45, 2.75) is 25.4 Å². The summed E-state index contributed by atoms with van der Waals surface area (Å²) in [5.41, 5.74) is 4.26. The van der Waals surface area contributed by atoms with Crippen LogP contribution in [0, 0.1) is 0 Å². The molecule has 2 amide bonds. The van der Waals surface area contributed by atoms with E-state index in [-0.39, 0.29) is 18.6 Å². The van der Waals surface area contributed by atoms with Gasteiger partial charge in [0.1, 0.15) is 0 Å². The van der Waals surface area contributed by atoms with Gasteiger partial charge in [0.15, 0.2) is 17.3 Å². The highest BCUT2D eigenvalue weighted by atomic mass is 16.5. The molecule has 0 bridgehead atoms. The Balaban J connectivity index is 1.35. The molecule has 8 heteroatoms. The first-order valence-corrected chi connectivity index (χ1v) is 11.9. The Bertz CT molecular complexity index is 1320. The summed E-state index contributed by atoms with van der Waals surface area (Å²) in [7, 11) is 3.25. The molecule has 1 aromatic heterocycles. The number of fused-ring (bicyclic) bond motifs is 1. The number of carbonyl (C=O) groups excluding carboxylic acids is 1. The second-order valence-corrected chi connectivity index (χ2v) is 8.59. The number of hydrogen-bond acceptors (Lipinski definition) is 6. The summed E-state index contributed by atoms with van der Waals surface area (Å²) < 4.78 is 16.4. The maximum absolute atomic E-state index is 13.4. The highest BCUT2D eigenvalue weighted by Crippen LogP contribution is 2.41. The third-order valence-electron chi connectivity index (χ3n) is 6.36. The van der Waals surface area contributed by atoms with Gasteiger partial charge in [0.25, 0.3) is 0 Å². The first-order chi connectivity index (χ1) is 17.7. The highest BCUT2D eigenvalue weighted by molar-refractivity contribution is 5.76. The van der Waals surface area contributed by atoms with Gasteiger partial charge in [-0.2, -0.15) is 4.98 Å². The molecule has 1 unspecified atom stereocenters. The van der Waals surface area contributed by atoms with Crippen molar-refractivity contribution in [1.29, 1.82) is 0 Å². The Morgan fingerprint density at radius 2 is 1.72 bits per heavy atom. The zero-order valence-corrected chi connectivity index (χ0v) is 20.3. The summed E-state index contributed by atoms with van der Waals surface area (Å²) in [5, 5.41) is 7.02. The number of rotatable bonds is 7. The lowest BCUT2D eigenvalue weighted by Gasteiger charge is -2.38. The van der Waals surface area contributed by atoms with Crippen molar-refractivity contribution >= 4 is 6.03 Å². The summed E-state index contributed by atoms with van der Waals surface area (Å²) >= 11 is 0. The van der Waals surface area contributed by atoms with Gasteiger partial charge >= 0.3 is 6.03 Å². The van der Waals surface area contributed by atoms with Crippen molar-refractivity contribution in [3.63, 3.8) is 0 Å². The van der Waals surface area contributed by atoms with Gasteiger partial charge in [0, 0.05) is 13.0 Å². The van der Waals surface area contributed by atoms with Crippen LogP contribution in [0.1, 0.15) is 40.0 Å². The number of benzene rings is 3. The van der Waals surface area contributed by atoms with Crippen LogP contribution in [0.4, 0.5) is 4.79 Å². The summed E-state index contributed by atoms with van der Waals surface area (Å²) in [6, 6.07) is 23.4. The molecule has 1 atom stereocenters. The highest BCUT2D eigenvalue weighted by Gasteiger charge is 2.33. The molecule has 5 rings (SSSR count). The normalized spacial score (nSPS) is 14.7. The van der Waals surface area contributed by atoms with Crippen LogP contribution in [0.2, 0.25) is 0 Å². The number of carbonyl (C=O) groups is 1. The Labute approximate surface area is 209 Å². The zero-order valence-electron chi connectivity index (χ0n) is 20.3. The number of hydrogen-bond donors (Lipinski definition) is 1. The molecule has 0 saturated carbocycles. The van der Waals surface area contributed by atoms with Crippen LogP contribution in [0.3, 0.4) is 0 Å². The first kappa shape index (κ1) is 23.4. The summed E-state index contributed by atoms with van der Waals surface area (Å²) in [6.07, 6.45) is 1.27. The van der Waals surface area contributed by atoms with E-state index in [0.717, 1.165) is 22.3 Å². The monoisotopic (exact) mass is 484 g/mol. The second kappa shape index (κ2) is 10.5. The molecule has 4 aromatic rings. The predicted molar refractivity (Wildman–Crippen MR) is 134 cm³/mol. The van der Waals surface area contributed by atoms with Gasteiger partial charge < -0.3 is 24.2 Å². The third-order valence-corrected chi connectivity index (χ3v) is 6.36. The molecule has 2 heterocycles. The van der Waals surface area contributed by atoms with Gasteiger partial charge in [0.2, 0.25) is 5.89 Å². The number of nitrogens with one attached hydrogen (secondary N) is 1. The van der Waals surface area contributed by atoms with Crippen LogP contribution in [0.15, 0.2) is 77.3 Å². The quantitative estimate of drug-likeness (QED) is 0.414. The minimum atomic E-state index is -0.272. The van der Waals surface area contributed by atoms with Crippen LogP contribution < -0.4 is 14.8 Å². The summed E-state index contributed by atoms with van der Waals surface area (Å²) in [5.74, 6) is 2.27. The number of ether oxygens (including phenoxy) is 2. The van der Waals surface area contributed by atoms with Crippen LogP contribution in [-0.2, 0) is 19.4 Å². The SMILES string of the molecule is COc1cc2c(cc1OC)C(c1ccccc1)N(C(=O)NCc1nc(Cc3ccccc3)no1)CC2. The maximum Gasteiger partial charge on any atom is 0.318 e. The van der Waals surface area contributed by atoms with Gasteiger partial charge in [-0.05, 0) is 40.8 Å². The van der Waals surface area contributed by atoms with Crippen molar-refractivity contribution in [3.05, 3.63) is 107 Å². The van der Waals surface area contributed by atoms with Crippen molar-refractivity contribution in [1.82, 2.24) is 20.4 Å². The average molecular weight is 485 g/mol. The predicted octanol–water partition coefficient (Wildman–Crippen LogP) is 4.53. The van der Waals surface area contributed by atoms with Crippen LogP contribution in [-0.4, -0.2) is 41.8 Å². The number of urea groups is 1. The van der Waals surface area contributed by atoms with Gasteiger partial charge in [0.05, 0.1) is 26.8 Å². The molecule has 184 valence electrons. The van der Waals surface area contributed by atoms with E-state index in [0.29, 0.717) is 42.6 Å². The van der Waals surface area contributed by atoms with E-state index in [4.69, 9.17) is 14.0 Å². The van der Waals surface area contributed by atoms with Gasteiger partial charge in [-0.15, -0.1) is 0 Å². The molecular formula is C28H28N4O4. The molecule has 3 aromatic carbocycles. The van der Waals surface area contributed by atoms with E-state index in [2.05, 4.69) is 15.5 Å². The molecule has 0 spiro atoms. The molecule has 0 radical (unpaired) electrons. The lowest BCUT2D eigenvalue weighted by Crippen LogP contribution is -2.45. The minimum absolute atomic E-state index is 0.150. The minimum Gasteiger partial charge on any atom is -0.493 e. The molecule has 0 fully saturated rings. The van der Waals surface area contributed by atoms with Crippen molar-refractivity contribution in [3.8, 4) is 11.5 Å². The second-order valence-electron chi connectivity index (χ2n) is 8.59. The molecule has 1 aliphatic rings. The first-order valence-electron chi connectivity index (χ1n) is 11.9. The lowest BCUT2D eigenvalue weighted by molar-refractivity contribution is 0.178. The third kappa shape index (κ3) is 4.88. The van der Waals surface area contributed by atoms with E-state index in [1.54, 1.807) is 14.2 Å². The Hall–Kier alpha value is -4.33. The molecule has 0 aliphatic carbocycles. The van der Waals surface area contributed by atoms with Gasteiger partial charge in [-0.1, -0.05) is 65.8 Å². The maximum atomic E-state index is 13.4. The molecule has 36 heavy (non-hydrogen) atoms. The molecule has 8 nitrogen and oxygen atoms in total. The van der Waals surface area contributed by atoms with Crippen LogP contribution >= 0.6 is 0 Å². The van der Waals surface area contributed by atoms with Gasteiger partial charge in [-0.25, -0.2) is 4.79 Å². The van der Waals surface area contributed by atoms with E-state index in [1.165, 1.54) is 0 Å². The number of methoxy groups -OCH3 is 2. The van der Waals surface area contributed by atoms with Crippen molar-refractivity contribution in [2.75, 3.05) is 20.8 Å². The fraction of sp³-hybridized carbons (Fsp3) is 0.250. The molecule has 0 saturated heterocycles. The molecule has 1 N–H and O–H groups in total. The Morgan fingerprint density at radius 3 is 2.44 bits per heavy atom. The van der Waals surface area contributed by atoms with Crippen molar-refractivity contribution in [2.24, 2.45) is 0 Å². The van der Waals surface area contributed by atoms with E-state index < -0.39 is 0 Å². The Kier molecular flexibility index (Phi) is 6.84. The summed E-state index contributed by atoms with van der Waals surface area (Å²) in [6.45, 7) is 0.703. The largest absolute Gasteiger partial charge is 0.493 e. The standard InChI is InChI=1S/C28H28N4O4/c1-34-23-16-21-13-14-32(27(20-11-7-4-8-12-20)22(21)17-24(23)35-2)28(33)29-18-26-30-25(31-36-26)15-19-9-5-3-6-10-19/h3-12,16-17,27H,13-15,18H2,1-2H3,(H,29,33). The number of nitrogens with zero attached hydrogens (tertiary/aromatic N) is 3. The number of aromatic nitrogens is 2. The van der Waals surface area contributed by atoms with Crippen LogP contribution in [0.25, 0.3) is 0 Å². The molecule has 1 aliphatic heterocycles. The van der Waals surface area contributed by atoms with E-state index in [1.807, 2.05) is 77.7 Å². The van der Waals surface area contributed by atoms with Gasteiger partial charge in [-0.3, -0.25) is 0 Å². The Morgan fingerprint density at radius 1 is 1.03 bits per heavy atom. The fourth-order valence-electron chi connectivity index (χ4n) is 4.62. The van der Waals surface area contributed by atoms with Crippen molar-refractivity contribution < 1.29 is 18.8 Å². The zero-order chi connectivity index (χ0) is 24.9. The van der Waals surface area contributed by atoms with Crippen LogP contribution in [0.5, 0.6) is 11.5 Å². The van der Waals surface area contributed by atoms with E-state index >= 15 is 0 Å². The topological polar surface area (TPSA) is 89.7 Å². The number of amides is 2. The van der Waals surface area contributed by atoms with E-state index in [9.17, 15) is 4.79 Å². The lowest BCUT2D eigenvalue weighted by atomic mass is 9.88. The summed E-state index contributed by atoms with van der Waals surface area (Å²) in [4.78, 5) is 19.7. The molecular weight excluding hydrogens is 456 g/mol. The smallest absolute Gasteiger partial charge is 0.318 e. The fourth-order valence-corrected chi connectivity index (χ4v) is 4.62.